The molecule has 0 heterocycles. The molecule has 2 N–H and O–H groups in total. The van der Waals surface area contributed by atoms with Gasteiger partial charge < -0.3 is 5.73 Å². The van der Waals surface area contributed by atoms with E-state index in [0.29, 0.717) is 21.2 Å². The van der Waals surface area contributed by atoms with E-state index in [1.54, 1.807) is 30.3 Å². The van der Waals surface area contributed by atoms with Crippen LogP contribution in [0.3, 0.4) is 0 Å². The lowest BCUT2D eigenvalue weighted by Gasteiger charge is -2.03. The van der Waals surface area contributed by atoms with E-state index >= 15 is 0 Å². The number of primary amides is 1. The number of nitrogens with two attached hydrogens (primary N) is 1. The molecule has 2 rings (SSSR count). The molecule has 0 aliphatic rings. The van der Waals surface area contributed by atoms with Crippen LogP contribution in [0.2, 0.25) is 10.0 Å². The number of amides is 1. The van der Waals surface area contributed by atoms with Crippen LogP contribution in [0.15, 0.2) is 48.5 Å². The summed E-state index contributed by atoms with van der Waals surface area (Å²) in [5, 5.41) is 0.918. The number of hydrogen-bond acceptors (Lipinski definition) is 2. The molecule has 0 aromatic heterocycles. The number of ketones is 1. The highest BCUT2D eigenvalue weighted by molar-refractivity contribution is 6.36. The summed E-state index contributed by atoms with van der Waals surface area (Å²) in [5.74, 6) is -0.451. The van der Waals surface area contributed by atoms with Gasteiger partial charge in [-0.15, -0.1) is 0 Å². The standard InChI is InChI=1S/C13H8Cl2O.C2H5NO/c14-10-6-7-12(15)11(8-10)13(16)9-4-2-1-3-5-9;1-2(3)4/h1-8H;1H3,(H2,3,4). The van der Waals surface area contributed by atoms with Gasteiger partial charge in [-0.1, -0.05) is 53.5 Å². The molecule has 0 bridgehead atoms. The molecule has 3 nitrogen and oxygen atoms in total. The van der Waals surface area contributed by atoms with Crippen LogP contribution in [0.25, 0.3) is 0 Å². The molecule has 0 spiro atoms. The lowest BCUT2D eigenvalue weighted by Crippen LogP contribution is -2.01. The first kappa shape index (κ1) is 16.2. The van der Waals surface area contributed by atoms with Crippen LogP contribution in [0.1, 0.15) is 22.8 Å². The molecule has 0 fully saturated rings. The molecular weight excluding hydrogens is 297 g/mol. The highest BCUT2D eigenvalue weighted by Crippen LogP contribution is 2.23. The van der Waals surface area contributed by atoms with Gasteiger partial charge in [0, 0.05) is 23.1 Å². The minimum Gasteiger partial charge on any atom is -0.370 e. The zero-order valence-corrected chi connectivity index (χ0v) is 12.3. The Labute approximate surface area is 127 Å². The Bertz CT molecular complexity index is 609. The SMILES string of the molecule is CC(N)=O.O=C(c1ccccc1)c1cc(Cl)ccc1Cl. The Morgan fingerprint density at radius 2 is 1.55 bits per heavy atom. The summed E-state index contributed by atoms with van der Waals surface area (Å²) in [6.45, 7) is 1.31. The lowest BCUT2D eigenvalue weighted by atomic mass is 10.0. The van der Waals surface area contributed by atoms with Crippen LogP contribution < -0.4 is 5.73 Å². The maximum Gasteiger partial charge on any atom is 0.214 e. The second-order valence-corrected chi connectivity index (χ2v) is 4.77. The number of carbonyl (C=O) groups is 2. The molecule has 20 heavy (non-hydrogen) atoms. The van der Waals surface area contributed by atoms with Crippen LogP contribution >= 0.6 is 23.2 Å². The molecule has 0 unspecified atom stereocenters. The molecule has 0 aliphatic carbocycles. The number of carbonyl (C=O) groups excluding carboxylic acids is 2. The summed E-state index contributed by atoms with van der Waals surface area (Å²) in [5.41, 5.74) is 5.51. The summed E-state index contributed by atoms with van der Waals surface area (Å²) < 4.78 is 0. The predicted molar refractivity (Wildman–Crippen MR) is 81.2 cm³/mol. The van der Waals surface area contributed by atoms with Gasteiger partial charge in [0.1, 0.15) is 0 Å². The van der Waals surface area contributed by atoms with E-state index in [-0.39, 0.29) is 11.7 Å². The average Bonchev–Trinajstić information content (AvgIpc) is 2.41. The van der Waals surface area contributed by atoms with Gasteiger partial charge in [0.15, 0.2) is 5.78 Å². The smallest absolute Gasteiger partial charge is 0.214 e. The number of rotatable bonds is 2. The monoisotopic (exact) mass is 309 g/mol. The van der Waals surface area contributed by atoms with Gasteiger partial charge in [-0.3, -0.25) is 9.59 Å². The van der Waals surface area contributed by atoms with Gasteiger partial charge in [-0.2, -0.15) is 0 Å². The highest BCUT2D eigenvalue weighted by Gasteiger charge is 2.12. The highest BCUT2D eigenvalue weighted by atomic mass is 35.5. The quantitative estimate of drug-likeness (QED) is 0.859. The first-order chi connectivity index (χ1) is 9.41. The van der Waals surface area contributed by atoms with Crippen LogP contribution in [0.4, 0.5) is 0 Å². The topological polar surface area (TPSA) is 60.2 Å². The first-order valence-corrected chi connectivity index (χ1v) is 6.48. The molecule has 2 aromatic carbocycles. The third-order valence-corrected chi connectivity index (χ3v) is 2.77. The molecule has 0 radical (unpaired) electrons. The zero-order valence-electron chi connectivity index (χ0n) is 10.8. The average molecular weight is 310 g/mol. The molecule has 0 saturated carbocycles. The molecule has 1 amide bonds. The number of benzene rings is 2. The molecule has 2 aromatic rings. The fraction of sp³-hybridized carbons (Fsp3) is 0.0667. The maximum atomic E-state index is 12.1. The molecule has 0 saturated heterocycles. The Kier molecular flexibility index (Phi) is 6.22. The largest absolute Gasteiger partial charge is 0.370 e. The van der Waals surface area contributed by atoms with Crippen molar-refractivity contribution in [2.45, 2.75) is 6.92 Å². The van der Waals surface area contributed by atoms with Gasteiger partial charge in [-0.05, 0) is 18.2 Å². The second kappa shape index (κ2) is 7.68. The summed E-state index contributed by atoms with van der Waals surface area (Å²) in [4.78, 5) is 21.3. The van der Waals surface area contributed by atoms with Crippen LogP contribution in [0.5, 0.6) is 0 Å². The molecular formula is C15H13Cl2NO2. The van der Waals surface area contributed by atoms with Crippen molar-refractivity contribution in [3.05, 3.63) is 69.7 Å². The number of halogens is 2. The fourth-order valence-electron chi connectivity index (χ4n) is 1.42. The fourth-order valence-corrected chi connectivity index (χ4v) is 1.79. The summed E-state index contributed by atoms with van der Waals surface area (Å²) >= 11 is 11.8. The Balaban J connectivity index is 0.000000444. The predicted octanol–water partition coefficient (Wildman–Crippen LogP) is 3.72. The van der Waals surface area contributed by atoms with Gasteiger partial charge in [0.05, 0.1) is 5.02 Å². The van der Waals surface area contributed by atoms with Gasteiger partial charge in [0.25, 0.3) is 0 Å². The molecule has 0 atom stereocenters. The second-order valence-electron chi connectivity index (χ2n) is 3.93. The van der Waals surface area contributed by atoms with E-state index in [0.717, 1.165) is 0 Å². The molecule has 0 aliphatic heterocycles. The van der Waals surface area contributed by atoms with E-state index in [1.807, 2.05) is 18.2 Å². The zero-order chi connectivity index (χ0) is 15.1. The lowest BCUT2D eigenvalue weighted by molar-refractivity contribution is -0.115. The van der Waals surface area contributed by atoms with Crippen molar-refractivity contribution in [1.82, 2.24) is 0 Å². The Morgan fingerprint density at radius 1 is 1.00 bits per heavy atom. The van der Waals surface area contributed by atoms with Crippen molar-refractivity contribution in [1.29, 1.82) is 0 Å². The van der Waals surface area contributed by atoms with Crippen LogP contribution in [-0.4, -0.2) is 11.7 Å². The van der Waals surface area contributed by atoms with E-state index in [2.05, 4.69) is 5.73 Å². The van der Waals surface area contributed by atoms with Crippen molar-refractivity contribution >= 4 is 34.9 Å². The van der Waals surface area contributed by atoms with Crippen LogP contribution in [0, 0.1) is 0 Å². The summed E-state index contributed by atoms with van der Waals surface area (Å²) in [7, 11) is 0. The van der Waals surface area contributed by atoms with Gasteiger partial charge in [0.2, 0.25) is 5.91 Å². The van der Waals surface area contributed by atoms with Crippen molar-refractivity contribution < 1.29 is 9.59 Å². The molecule has 104 valence electrons. The minimum atomic E-state index is -0.333. The van der Waals surface area contributed by atoms with Crippen molar-refractivity contribution in [2.24, 2.45) is 5.73 Å². The molecule has 5 heteroatoms. The van der Waals surface area contributed by atoms with Gasteiger partial charge >= 0.3 is 0 Å². The number of hydrogen-bond donors (Lipinski definition) is 1. The normalized spacial score (nSPS) is 9.35. The third-order valence-electron chi connectivity index (χ3n) is 2.21. The Hall–Kier alpha value is -1.84. The minimum absolute atomic E-state index is 0.117. The third kappa shape index (κ3) is 5.03. The van der Waals surface area contributed by atoms with Gasteiger partial charge in [-0.25, -0.2) is 0 Å². The van der Waals surface area contributed by atoms with Crippen molar-refractivity contribution in [2.75, 3.05) is 0 Å². The van der Waals surface area contributed by atoms with E-state index < -0.39 is 0 Å². The van der Waals surface area contributed by atoms with E-state index in [4.69, 9.17) is 23.2 Å². The summed E-state index contributed by atoms with van der Waals surface area (Å²) in [6.07, 6.45) is 0. The summed E-state index contributed by atoms with van der Waals surface area (Å²) in [6, 6.07) is 13.8. The van der Waals surface area contributed by atoms with Crippen molar-refractivity contribution in [3.8, 4) is 0 Å². The van der Waals surface area contributed by atoms with E-state index in [1.165, 1.54) is 6.92 Å². The van der Waals surface area contributed by atoms with Crippen LogP contribution in [-0.2, 0) is 4.79 Å². The van der Waals surface area contributed by atoms with E-state index in [9.17, 15) is 9.59 Å². The van der Waals surface area contributed by atoms with Crippen molar-refractivity contribution in [3.63, 3.8) is 0 Å². The maximum absolute atomic E-state index is 12.1. The Morgan fingerprint density at radius 3 is 2.10 bits per heavy atom. The first-order valence-electron chi connectivity index (χ1n) is 5.72.